The van der Waals surface area contributed by atoms with E-state index in [4.69, 9.17) is 23.2 Å². The molecule has 1 aliphatic rings. The quantitative estimate of drug-likeness (QED) is 0.832. The van der Waals surface area contributed by atoms with Crippen LogP contribution in [0.3, 0.4) is 0 Å². The summed E-state index contributed by atoms with van der Waals surface area (Å²) in [7, 11) is 0. The Labute approximate surface area is 120 Å². The first-order chi connectivity index (χ1) is 8.54. The smallest absolute Gasteiger partial charge is 0.0451 e. The van der Waals surface area contributed by atoms with Gasteiger partial charge in [0.15, 0.2) is 0 Å². The zero-order chi connectivity index (χ0) is 13.1. The molecule has 0 heterocycles. The lowest BCUT2D eigenvalue weighted by Crippen LogP contribution is -2.35. The predicted molar refractivity (Wildman–Crippen MR) is 79.3 cm³/mol. The van der Waals surface area contributed by atoms with Gasteiger partial charge in [0, 0.05) is 22.6 Å². The summed E-state index contributed by atoms with van der Waals surface area (Å²) in [5, 5.41) is 5.17. The topological polar surface area (TPSA) is 12.0 Å². The van der Waals surface area contributed by atoms with Crippen molar-refractivity contribution in [3.8, 4) is 0 Å². The standard InChI is InChI=1S/C15H21Cl2N/c1-10-5-11(2)7-14(6-10)18-9-12-8-13(16)3-4-15(12)17/h3-4,8,10-11,14,18H,5-7,9H2,1-2H3. The van der Waals surface area contributed by atoms with Crippen LogP contribution in [0.2, 0.25) is 10.0 Å². The largest absolute Gasteiger partial charge is 0.310 e. The molecule has 0 aliphatic heterocycles. The van der Waals surface area contributed by atoms with E-state index in [-0.39, 0.29) is 0 Å². The number of rotatable bonds is 3. The van der Waals surface area contributed by atoms with Crippen LogP contribution < -0.4 is 5.32 Å². The van der Waals surface area contributed by atoms with Gasteiger partial charge in [-0.1, -0.05) is 37.0 Å². The number of benzene rings is 1. The van der Waals surface area contributed by atoms with E-state index in [0.29, 0.717) is 6.04 Å². The molecule has 1 N–H and O–H groups in total. The van der Waals surface area contributed by atoms with E-state index in [0.717, 1.165) is 34.0 Å². The average Bonchev–Trinajstić information content (AvgIpc) is 2.29. The number of nitrogens with one attached hydrogen (secondary N) is 1. The van der Waals surface area contributed by atoms with Crippen molar-refractivity contribution in [2.24, 2.45) is 11.8 Å². The lowest BCUT2D eigenvalue weighted by atomic mass is 9.80. The van der Waals surface area contributed by atoms with Gasteiger partial charge in [-0.05, 0) is 54.9 Å². The van der Waals surface area contributed by atoms with Crippen molar-refractivity contribution in [2.75, 3.05) is 0 Å². The highest BCUT2D eigenvalue weighted by Crippen LogP contribution is 2.29. The zero-order valence-electron chi connectivity index (χ0n) is 11.0. The molecule has 100 valence electrons. The van der Waals surface area contributed by atoms with Gasteiger partial charge in [0.2, 0.25) is 0 Å². The van der Waals surface area contributed by atoms with Crippen molar-refractivity contribution in [1.29, 1.82) is 0 Å². The van der Waals surface area contributed by atoms with Crippen LogP contribution in [-0.2, 0) is 6.54 Å². The van der Waals surface area contributed by atoms with E-state index in [9.17, 15) is 0 Å². The fourth-order valence-electron chi connectivity index (χ4n) is 3.05. The minimum Gasteiger partial charge on any atom is -0.310 e. The van der Waals surface area contributed by atoms with E-state index in [1.165, 1.54) is 19.3 Å². The Bertz CT molecular complexity index is 395. The van der Waals surface area contributed by atoms with Gasteiger partial charge in [-0.25, -0.2) is 0 Å². The van der Waals surface area contributed by atoms with Crippen molar-refractivity contribution in [3.05, 3.63) is 33.8 Å². The summed E-state index contributed by atoms with van der Waals surface area (Å²) in [6.07, 6.45) is 3.89. The fourth-order valence-corrected chi connectivity index (χ4v) is 3.43. The van der Waals surface area contributed by atoms with Crippen molar-refractivity contribution < 1.29 is 0 Å². The Morgan fingerprint density at radius 2 is 1.78 bits per heavy atom. The molecule has 0 saturated heterocycles. The van der Waals surface area contributed by atoms with Gasteiger partial charge in [-0.2, -0.15) is 0 Å². The minimum atomic E-state index is 0.610. The van der Waals surface area contributed by atoms with Crippen LogP contribution in [0, 0.1) is 11.8 Å². The maximum atomic E-state index is 6.17. The first kappa shape index (κ1) is 14.2. The summed E-state index contributed by atoms with van der Waals surface area (Å²) in [6, 6.07) is 6.26. The lowest BCUT2D eigenvalue weighted by molar-refractivity contribution is 0.238. The minimum absolute atomic E-state index is 0.610. The molecule has 2 unspecified atom stereocenters. The highest BCUT2D eigenvalue weighted by Gasteiger charge is 2.23. The third-order valence-electron chi connectivity index (χ3n) is 3.77. The van der Waals surface area contributed by atoms with Gasteiger partial charge < -0.3 is 5.32 Å². The first-order valence-corrected chi connectivity index (χ1v) is 7.47. The molecule has 0 amide bonds. The Hall–Kier alpha value is -0.240. The summed E-state index contributed by atoms with van der Waals surface area (Å²) >= 11 is 12.2. The second-order valence-corrected chi connectivity index (χ2v) is 6.57. The van der Waals surface area contributed by atoms with E-state index < -0.39 is 0 Å². The maximum absolute atomic E-state index is 6.17. The third kappa shape index (κ3) is 3.88. The molecule has 1 aromatic carbocycles. The van der Waals surface area contributed by atoms with Crippen molar-refractivity contribution >= 4 is 23.2 Å². The second-order valence-electron chi connectivity index (χ2n) is 5.73. The highest BCUT2D eigenvalue weighted by atomic mass is 35.5. The van der Waals surface area contributed by atoms with Gasteiger partial charge in [-0.3, -0.25) is 0 Å². The summed E-state index contributed by atoms with van der Waals surface area (Å²) in [6.45, 7) is 5.50. The molecular formula is C15H21Cl2N. The van der Waals surface area contributed by atoms with Gasteiger partial charge in [0.05, 0.1) is 0 Å². The molecule has 2 rings (SSSR count). The molecule has 2 atom stereocenters. The highest BCUT2D eigenvalue weighted by molar-refractivity contribution is 6.33. The molecule has 0 spiro atoms. The molecule has 0 radical (unpaired) electrons. The summed E-state index contributed by atoms with van der Waals surface area (Å²) in [5.74, 6) is 1.64. The van der Waals surface area contributed by atoms with Crippen molar-refractivity contribution in [3.63, 3.8) is 0 Å². The first-order valence-electron chi connectivity index (χ1n) is 6.72. The van der Waals surface area contributed by atoms with Crippen LogP contribution in [0.5, 0.6) is 0 Å². The molecule has 1 aliphatic carbocycles. The van der Waals surface area contributed by atoms with E-state index in [1.54, 1.807) is 0 Å². The van der Waals surface area contributed by atoms with Crippen LogP contribution in [0.25, 0.3) is 0 Å². The Kier molecular flexibility index (Phi) is 4.94. The number of halogens is 2. The molecule has 1 aromatic rings. The van der Waals surface area contributed by atoms with Gasteiger partial charge in [0.1, 0.15) is 0 Å². The lowest BCUT2D eigenvalue weighted by Gasteiger charge is -2.32. The van der Waals surface area contributed by atoms with Crippen LogP contribution in [-0.4, -0.2) is 6.04 Å². The average molecular weight is 286 g/mol. The van der Waals surface area contributed by atoms with Crippen molar-refractivity contribution in [1.82, 2.24) is 5.32 Å². The summed E-state index contributed by atoms with van der Waals surface area (Å²) in [5.41, 5.74) is 1.09. The zero-order valence-corrected chi connectivity index (χ0v) is 12.6. The Morgan fingerprint density at radius 3 is 2.44 bits per heavy atom. The SMILES string of the molecule is CC1CC(C)CC(NCc2cc(Cl)ccc2Cl)C1. The summed E-state index contributed by atoms with van der Waals surface area (Å²) in [4.78, 5) is 0. The number of hydrogen-bond acceptors (Lipinski definition) is 1. The van der Waals surface area contributed by atoms with E-state index >= 15 is 0 Å². The number of hydrogen-bond donors (Lipinski definition) is 1. The molecule has 18 heavy (non-hydrogen) atoms. The van der Waals surface area contributed by atoms with Gasteiger partial charge >= 0.3 is 0 Å². The molecule has 1 fully saturated rings. The predicted octanol–water partition coefficient (Wildman–Crippen LogP) is 4.91. The summed E-state index contributed by atoms with van der Waals surface area (Å²) < 4.78 is 0. The molecule has 0 bridgehead atoms. The Morgan fingerprint density at radius 1 is 1.11 bits per heavy atom. The third-order valence-corrected chi connectivity index (χ3v) is 4.37. The fraction of sp³-hybridized carbons (Fsp3) is 0.600. The molecule has 0 aromatic heterocycles. The van der Waals surface area contributed by atoms with Gasteiger partial charge in [0.25, 0.3) is 0 Å². The van der Waals surface area contributed by atoms with Crippen LogP contribution in [0.4, 0.5) is 0 Å². The molecule has 3 heteroatoms. The Balaban J connectivity index is 1.92. The van der Waals surface area contributed by atoms with Gasteiger partial charge in [-0.15, -0.1) is 0 Å². The maximum Gasteiger partial charge on any atom is 0.0451 e. The monoisotopic (exact) mass is 285 g/mol. The molecular weight excluding hydrogens is 265 g/mol. The molecule has 1 nitrogen and oxygen atoms in total. The van der Waals surface area contributed by atoms with Crippen LogP contribution in [0.1, 0.15) is 38.7 Å². The van der Waals surface area contributed by atoms with E-state index in [1.807, 2.05) is 18.2 Å². The van der Waals surface area contributed by atoms with Crippen LogP contribution >= 0.6 is 23.2 Å². The second kappa shape index (κ2) is 6.27. The molecule has 1 saturated carbocycles. The van der Waals surface area contributed by atoms with Crippen molar-refractivity contribution in [2.45, 2.75) is 45.7 Å². The van der Waals surface area contributed by atoms with Crippen LogP contribution in [0.15, 0.2) is 18.2 Å². The normalized spacial score (nSPS) is 28.3. The van der Waals surface area contributed by atoms with E-state index in [2.05, 4.69) is 19.2 Å².